The highest BCUT2D eigenvalue weighted by Gasteiger charge is 2.06. The summed E-state index contributed by atoms with van der Waals surface area (Å²) in [5.41, 5.74) is 4.28. The van der Waals surface area contributed by atoms with Crippen molar-refractivity contribution in [3.63, 3.8) is 0 Å². The Balaban J connectivity index is 1.41. The highest BCUT2D eigenvalue weighted by molar-refractivity contribution is 6.02. The van der Waals surface area contributed by atoms with Crippen molar-refractivity contribution in [1.82, 2.24) is 5.43 Å². The number of rotatable bonds is 5. The molecule has 0 aliphatic carbocycles. The average molecular weight is 368 g/mol. The molecule has 0 atom stereocenters. The lowest BCUT2D eigenvalue weighted by molar-refractivity contribution is -0.123. The topological polar surface area (TPSA) is 50.7 Å². The molecule has 0 heterocycles. The number of hydrazone groups is 1. The molecule has 138 valence electrons. The van der Waals surface area contributed by atoms with Crippen molar-refractivity contribution >= 4 is 33.2 Å². The molecule has 0 aliphatic heterocycles. The minimum absolute atomic E-state index is 0.0947. The Kier molecular flexibility index (Phi) is 5.02. The van der Waals surface area contributed by atoms with E-state index in [0.29, 0.717) is 5.75 Å². The van der Waals surface area contributed by atoms with Gasteiger partial charge in [-0.25, -0.2) is 5.43 Å². The lowest BCUT2D eigenvalue weighted by atomic mass is 10.0. The lowest BCUT2D eigenvalue weighted by Gasteiger charge is -2.09. The fraction of sp³-hybridized carbons (Fsp3) is 0.0833. The van der Waals surface area contributed by atoms with Crippen LogP contribution in [0.15, 0.2) is 90.0 Å². The van der Waals surface area contributed by atoms with Gasteiger partial charge >= 0.3 is 0 Å². The number of benzene rings is 4. The van der Waals surface area contributed by atoms with E-state index in [0.717, 1.165) is 27.4 Å². The van der Waals surface area contributed by atoms with Crippen LogP contribution in [0.3, 0.4) is 0 Å². The number of hydrogen-bond acceptors (Lipinski definition) is 3. The second-order valence-corrected chi connectivity index (χ2v) is 6.56. The Labute approximate surface area is 163 Å². The standard InChI is InChI=1S/C24H20N2O2/c1-17(20-14-13-18-7-2-3-9-21(18)15-20)25-26-24(27)16-28-23-12-6-10-19-8-4-5-11-22(19)23/h2-15H,16H2,1H3,(H,26,27)/b25-17+. The Morgan fingerprint density at radius 3 is 2.43 bits per heavy atom. The molecule has 0 aromatic heterocycles. The monoisotopic (exact) mass is 368 g/mol. The zero-order chi connectivity index (χ0) is 19.3. The first kappa shape index (κ1) is 17.7. The molecular formula is C24H20N2O2. The van der Waals surface area contributed by atoms with Crippen LogP contribution in [0.4, 0.5) is 0 Å². The molecule has 1 amide bonds. The smallest absolute Gasteiger partial charge is 0.277 e. The third kappa shape index (κ3) is 3.86. The molecule has 0 spiro atoms. The molecule has 28 heavy (non-hydrogen) atoms. The van der Waals surface area contributed by atoms with Crippen molar-refractivity contribution in [3.05, 3.63) is 90.5 Å². The number of ether oxygens (including phenoxy) is 1. The average Bonchev–Trinajstić information content (AvgIpc) is 2.75. The molecule has 0 saturated carbocycles. The van der Waals surface area contributed by atoms with Crippen LogP contribution < -0.4 is 10.2 Å². The van der Waals surface area contributed by atoms with Gasteiger partial charge in [0.15, 0.2) is 6.61 Å². The molecule has 0 saturated heterocycles. The Bertz CT molecular complexity index is 1180. The number of carbonyl (C=O) groups excluding carboxylic acids is 1. The van der Waals surface area contributed by atoms with E-state index in [-0.39, 0.29) is 12.5 Å². The fourth-order valence-corrected chi connectivity index (χ4v) is 3.12. The molecule has 4 aromatic carbocycles. The number of hydrogen-bond donors (Lipinski definition) is 1. The first-order valence-electron chi connectivity index (χ1n) is 9.13. The van der Waals surface area contributed by atoms with Gasteiger partial charge in [0.05, 0.1) is 5.71 Å². The largest absolute Gasteiger partial charge is 0.483 e. The van der Waals surface area contributed by atoms with E-state index in [1.165, 1.54) is 5.39 Å². The first-order chi connectivity index (χ1) is 13.7. The van der Waals surface area contributed by atoms with Crippen LogP contribution in [-0.4, -0.2) is 18.2 Å². The highest BCUT2D eigenvalue weighted by atomic mass is 16.5. The van der Waals surface area contributed by atoms with Gasteiger partial charge in [-0.05, 0) is 40.8 Å². The van der Waals surface area contributed by atoms with Gasteiger partial charge in [0, 0.05) is 5.39 Å². The molecule has 0 aliphatic rings. The summed E-state index contributed by atoms with van der Waals surface area (Å²) in [5.74, 6) is 0.386. The summed E-state index contributed by atoms with van der Waals surface area (Å²) in [6.45, 7) is 1.78. The summed E-state index contributed by atoms with van der Waals surface area (Å²) >= 11 is 0. The van der Waals surface area contributed by atoms with E-state index in [9.17, 15) is 4.79 Å². The van der Waals surface area contributed by atoms with Gasteiger partial charge in [-0.2, -0.15) is 5.10 Å². The van der Waals surface area contributed by atoms with Crippen molar-refractivity contribution in [3.8, 4) is 5.75 Å². The van der Waals surface area contributed by atoms with Crippen molar-refractivity contribution in [1.29, 1.82) is 0 Å². The third-order valence-electron chi connectivity index (χ3n) is 4.62. The second kappa shape index (κ2) is 7.92. The molecule has 4 nitrogen and oxygen atoms in total. The summed E-state index contributed by atoms with van der Waals surface area (Å²) in [5, 5.41) is 8.58. The van der Waals surface area contributed by atoms with Crippen LogP contribution in [0, 0.1) is 0 Å². The number of amides is 1. The highest BCUT2D eigenvalue weighted by Crippen LogP contribution is 2.25. The van der Waals surface area contributed by atoms with Crippen LogP contribution >= 0.6 is 0 Å². The van der Waals surface area contributed by atoms with Crippen LogP contribution in [0.25, 0.3) is 21.5 Å². The molecule has 0 bridgehead atoms. The van der Waals surface area contributed by atoms with Gasteiger partial charge in [0.2, 0.25) is 0 Å². The summed E-state index contributed by atoms with van der Waals surface area (Å²) < 4.78 is 5.70. The first-order valence-corrected chi connectivity index (χ1v) is 9.13. The van der Waals surface area contributed by atoms with Crippen molar-refractivity contribution in [2.24, 2.45) is 5.10 Å². The molecule has 1 N–H and O–H groups in total. The molecule has 0 fully saturated rings. The zero-order valence-electron chi connectivity index (χ0n) is 15.6. The predicted octanol–water partition coefficient (Wildman–Crippen LogP) is 4.91. The van der Waals surface area contributed by atoms with E-state index in [2.05, 4.69) is 34.8 Å². The molecule has 4 heteroatoms. The van der Waals surface area contributed by atoms with Gasteiger partial charge < -0.3 is 4.74 Å². The Morgan fingerprint density at radius 2 is 1.57 bits per heavy atom. The van der Waals surface area contributed by atoms with E-state index >= 15 is 0 Å². The van der Waals surface area contributed by atoms with Crippen LogP contribution in [-0.2, 0) is 4.79 Å². The minimum atomic E-state index is -0.298. The number of carbonyl (C=O) groups is 1. The van der Waals surface area contributed by atoms with Crippen molar-refractivity contribution in [2.75, 3.05) is 6.61 Å². The minimum Gasteiger partial charge on any atom is -0.483 e. The van der Waals surface area contributed by atoms with E-state index < -0.39 is 0 Å². The molecule has 0 unspecified atom stereocenters. The molecular weight excluding hydrogens is 348 g/mol. The summed E-state index contributed by atoms with van der Waals surface area (Å²) in [6.07, 6.45) is 0. The van der Waals surface area contributed by atoms with E-state index in [1.54, 1.807) is 0 Å². The maximum Gasteiger partial charge on any atom is 0.277 e. The van der Waals surface area contributed by atoms with Crippen LogP contribution in [0.5, 0.6) is 5.75 Å². The summed E-state index contributed by atoms with van der Waals surface area (Å²) in [7, 11) is 0. The Morgan fingerprint density at radius 1 is 0.857 bits per heavy atom. The third-order valence-corrected chi connectivity index (χ3v) is 4.62. The van der Waals surface area contributed by atoms with E-state index in [1.807, 2.05) is 67.6 Å². The SMILES string of the molecule is C/C(=N\NC(=O)COc1cccc2ccccc12)c1ccc2ccccc2c1. The summed E-state index contributed by atoms with van der Waals surface area (Å²) in [4.78, 5) is 12.2. The van der Waals surface area contributed by atoms with Gasteiger partial charge in [-0.1, -0.05) is 72.8 Å². The number of nitrogens with zero attached hydrogens (tertiary/aromatic N) is 1. The molecule has 0 radical (unpaired) electrons. The van der Waals surface area contributed by atoms with Gasteiger partial charge in [0.25, 0.3) is 5.91 Å². The van der Waals surface area contributed by atoms with Gasteiger partial charge in [-0.15, -0.1) is 0 Å². The zero-order valence-corrected chi connectivity index (χ0v) is 15.6. The normalized spacial score (nSPS) is 11.5. The van der Waals surface area contributed by atoms with Crippen molar-refractivity contribution in [2.45, 2.75) is 6.92 Å². The quantitative estimate of drug-likeness (QED) is 0.402. The van der Waals surface area contributed by atoms with E-state index in [4.69, 9.17) is 4.74 Å². The maximum absolute atomic E-state index is 12.2. The maximum atomic E-state index is 12.2. The predicted molar refractivity (Wildman–Crippen MR) is 114 cm³/mol. The number of fused-ring (bicyclic) bond motifs is 2. The van der Waals surface area contributed by atoms with Crippen LogP contribution in [0.1, 0.15) is 12.5 Å². The second-order valence-electron chi connectivity index (χ2n) is 6.56. The molecule has 4 rings (SSSR count). The van der Waals surface area contributed by atoms with Crippen molar-refractivity contribution < 1.29 is 9.53 Å². The van der Waals surface area contributed by atoms with Gasteiger partial charge in [-0.3, -0.25) is 4.79 Å². The lowest BCUT2D eigenvalue weighted by Crippen LogP contribution is -2.25. The fourth-order valence-electron chi connectivity index (χ4n) is 3.12. The number of nitrogens with one attached hydrogen (secondary N) is 1. The molecule has 4 aromatic rings. The Hall–Kier alpha value is -3.66. The summed E-state index contributed by atoms with van der Waals surface area (Å²) in [6, 6.07) is 28.0. The van der Waals surface area contributed by atoms with Gasteiger partial charge in [0.1, 0.15) is 5.75 Å². The van der Waals surface area contributed by atoms with Crippen LogP contribution in [0.2, 0.25) is 0 Å².